The second-order valence-corrected chi connectivity index (χ2v) is 6.00. The fourth-order valence-electron chi connectivity index (χ4n) is 2.61. The Morgan fingerprint density at radius 3 is 2.73 bits per heavy atom. The molecule has 0 bridgehead atoms. The molecule has 1 atom stereocenters. The van der Waals surface area contributed by atoms with Crippen molar-refractivity contribution in [3.05, 3.63) is 53.9 Å². The molecular weight excluding hydrogens is 334 g/mol. The Morgan fingerprint density at radius 1 is 1.38 bits per heavy atom. The molecule has 2 heterocycles. The lowest BCUT2D eigenvalue weighted by Crippen LogP contribution is -2.25. The fourth-order valence-corrected chi connectivity index (χ4v) is 2.61. The number of fused-ring (bicyclic) bond motifs is 1. The third-order valence-electron chi connectivity index (χ3n) is 3.96. The number of ether oxygens (including phenoxy) is 2. The summed E-state index contributed by atoms with van der Waals surface area (Å²) < 4.78 is 12.1. The third kappa shape index (κ3) is 3.05. The average Bonchev–Trinajstić information content (AvgIpc) is 3.15. The van der Waals surface area contributed by atoms with Crippen LogP contribution >= 0.6 is 0 Å². The van der Waals surface area contributed by atoms with E-state index in [1.807, 2.05) is 24.3 Å². The number of benzene rings is 1. The molecule has 26 heavy (non-hydrogen) atoms. The Balaban J connectivity index is 2.06. The number of rotatable bonds is 4. The van der Waals surface area contributed by atoms with Gasteiger partial charge >= 0.3 is 5.97 Å². The van der Waals surface area contributed by atoms with Crippen molar-refractivity contribution in [2.45, 2.75) is 13.2 Å². The summed E-state index contributed by atoms with van der Waals surface area (Å²) in [5.74, 6) is -0.776. The number of likely N-dealkylation sites (N-methyl/N-ethyl adjacent to an activating group) is 1. The van der Waals surface area contributed by atoms with E-state index in [4.69, 9.17) is 9.47 Å². The normalized spacial score (nSPS) is 16.8. The largest absolute Gasteiger partial charge is 0.456 e. The topological polar surface area (TPSA) is 84.6 Å². The van der Waals surface area contributed by atoms with Crippen LogP contribution < -0.4 is 0 Å². The lowest BCUT2D eigenvalue weighted by molar-refractivity contribution is -0.152. The van der Waals surface area contributed by atoms with E-state index in [1.54, 1.807) is 31.8 Å². The van der Waals surface area contributed by atoms with Crippen molar-refractivity contribution in [2.24, 2.45) is 0 Å². The van der Waals surface area contributed by atoms with Crippen LogP contribution in [0.5, 0.6) is 0 Å². The van der Waals surface area contributed by atoms with Gasteiger partial charge in [-0.15, -0.1) is 0 Å². The second-order valence-electron chi connectivity index (χ2n) is 6.00. The van der Waals surface area contributed by atoms with Crippen molar-refractivity contribution >= 4 is 28.5 Å². The summed E-state index contributed by atoms with van der Waals surface area (Å²) in [4.78, 5) is 25.5. The first-order chi connectivity index (χ1) is 12.4. The molecule has 0 fully saturated rings. The number of para-hydroxylation sites is 1. The molecule has 132 valence electrons. The molecular formula is C19H17N3O4. The summed E-state index contributed by atoms with van der Waals surface area (Å²) in [6, 6.07) is 9.40. The van der Waals surface area contributed by atoms with Crippen molar-refractivity contribution < 1.29 is 19.1 Å². The van der Waals surface area contributed by atoms with Crippen molar-refractivity contribution in [1.29, 1.82) is 5.26 Å². The van der Waals surface area contributed by atoms with Gasteiger partial charge in [-0.1, -0.05) is 18.2 Å². The van der Waals surface area contributed by atoms with E-state index in [2.05, 4.69) is 6.07 Å². The van der Waals surface area contributed by atoms with Gasteiger partial charge in [0, 0.05) is 37.3 Å². The molecule has 0 spiro atoms. The monoisotopic (exact) mass is 351 g/mol. The van der Waals surface area contributed by atoms with Crippen LogP contribution in [-0.2, 0) is 19.1 Å². The summed E-state index contributed by atoms with van der Waals surface area (Å²) in [7, 11) is 3.24. The third-order valence-corrected chi connectivity index (χ3v) is 3.96. The van der Waals surface area contributed by atoms with E-state index in [0.29, 0.717) is 16.7 Å². The minimum Gasteiger partial charge on any atom is -0.456 e. The highest BCUT2D eigenvalue weighted by molar-refractivity contribution is 6.15. The smallest absolute Gasteiger partial charge is 0.336 e. The molecule has 7 nitrogen and oxygen atoms in total. The summed E-state index contributed by atoms with van der Waals surface area (Å²) in [5.41, 5.74) is 1.79. The number of nitriles is 1. The molecule has 7 heteroatoms. The van der Waals surface area contributed by atoms with Gasteiger partial charge in [-0.3, -0.25) is 4.79 Å². The molecule has 0 radical (unpaired) electrons. The summed E-state index contributed by atoms with van der Waals surface area (Å²) in [5, 5.41) is 10.1. The van der Waals surface area contributed by atoms with E-state index >= 15 is 0 Å². The van der Waals surface area contributed by atoms with E-state index in [0.717, 1.165) is 5.39 Å². The molecule has 1 aliphatic rings. The highest BCUT2D eigenvalue weighted by atomic mass is 16.7. The number of nitrogens with zero attached hydrogens (tertiary/aromatic N) is 3. The maximum Gasteiger partial charge on any atom is 0.336 e. The van der Waals surface area contributed by atoms with Crippen molar-refractivity contribution in [3.63, 3.8) is 0 Å². The van der Waals surface area contributed by atoms with Crippen LogP contribution in [0.4, 0.5) is 0 Å². The quantitative estimate of drug-likeness (QED) is 0.479. The van der Waals surface area contributed by atoms with E-state index < -0.39 is 12.3 Å². The van der Waals surface area contributed by atoms with Gasteiger partial charge in [0.2, 0.25) is 0 Å². The number of cyclic esters (lactones) is 1. The van der Waals surface area contributed by atoms with Gasteiger partial charge in [0.1, 0.15) is 18.0 Å². The van der Waals surface area contributed by atoms with Crippen LogP contribution in [-0.4, -0.2) is 41.7 Å². The lowest BCUT2D eigenvalue weighted by Gasteiger charge is -2.16. The SMILES string of the molecule is CC1=CC(O/C=C(/C(=O)N(C)C)n2cc(C#N)c3ccccc32)OC1=O. The van der Waals surface area contributed by atoms with Gasteiger partial charge in [0.15, 0.2) is 0 Å². The minimum absolute atomic E-state index is 0.196. The van der Waals surface area contributed by atoms with E-state index in [9.17, 15) is 14.9 Å². The molecule has 1 aromatic carbocycles. The van der Waals surface area contributed by atoms with Crippen LogP contribution in [0.25, 0.3) is 16.6 Å². The minimum atomic E-state index is -0.885. The van der Waals surface area contributed by atoms with Crippen LogP contribution in [0.2, 0.25) is 0 Å². The lowest BCUT2D eigenvalue weighted by atomic mass is 10.2. The summed E-state index contributed by atoms with van der Waals surface area (Å²) in [6.07, 6.45) is 3.49. The Kier molecular flexibility index (Phi) is 4.50. The first kappa shape index (κ1) is 17.3. The number of carbonyl (C=O) groups excluding carboxylic acids is 2. The number of esters is 1. The highest BCUT2D eigenvalue weighted by Crippen LogP contribution is 2.25. The zero-order valence-corrected chi connectivity index (χ0v) is 14.6. The Hall–Kier alpha value is -3.53. The fraction of sp³-hybridized carbons (Fsp3) is 0.211. The molecule has 1 amide bonds. The van der Waals surface area contributed by atoms with Gasteiger partial charge < -0.3 is 18.9 Å². The number of hydrogen-bond donors (Lipinski definition) is 0. The molecule has 0 N–H and O–H groups in total. The number of aromatic nitrogens is 1. The second kappa shape index (κ2) is 6.76. The predicted octanol–water partition coefficient (Wildman–Crippen LogP) is 2.25. The Morgan fingerprint density at radius 2 is 2.12 bits per heavy atom. The molecule has 0 saturated heterocycles. The van der Waals surface area contributed by atoms with Crippen LogP contribution in [0.3, 0.4) is 0 Å². The first-order valence-corrected chi connectivity index (χ1v) is 7.89. The van der Waals surface area contributed by atoms with Crippen molar-refractivity contribution in [1.82, 2.24) is 9.47 Å². The van der Waals surface area contributed by atoms with E-state index in [1.165, 1.54) is 17.2 Å². The van der Waals surface area contributed by atoms with Gasteiger partial charge in [-0.05, 0) is 13.0 Å². The molecule has 2 aromatic rings. The van der Waals surface area contributed by atoms with Gasteiger partial charge in [-0.2, -0.15) is 5.26 Å². The molecule has 3 rings (SSSR count). The van der Waals surface area contributed by atoms with Crippen molar-refractivity contribution in [3.8, 4) is 6.07 Å². The van der Waals surface area contributed by atoms with Crippen LogP contribution in [0.15, 0.2) is 48.4 Å². The van der Waals surface area contributed by atoms with Gasteiger partial charge in [-0.25, -0.2) is 4.79 Å². The first-order valence-electron chi connectivity index (χ1n) is 7.89. The number of carbonyl (C=O) groups is 2. The molecule has 1 unspecified atom stereocenters. The Labute approximate surface area is 150 Å². The van der Waals surface area contributed by atoms with Gasteiger partial charge in [0.25, 0.3) is 12.2 Å². The zero-order valence-electron chi connectivity index (χ0n) is 14.6. The zero-order chi connectivity index (χ0) is 18.8. The molecule has 0 saturated carbocycles. The molecule has 1 aromatic heterocycles. The highest BCUT2D eigenvalue weighted by Gasteiger charge is 2.24. The number of hydrogen-bond acceptors (Lipinski definition) is 5. The van der Waals surface area contributed by atoms with Gasteiger partial charge in [0.05, 0.1) is 11.1 Å². The maximum absolute atomic E-state index is 12.7. The summed E-state index contributed by atoms with van der Waals surface area (Å²) in [6.45, 7) is 1.62. The van der Waals surface area contributed by atoms with Crippen LogP contribution in [0, 0.1) is 11.3 Å². The predicted molar refractivity (Wildman–Crippen MR) is 94.3 cm³/mol. The molecule has 1 aliphatic heterocycles. The van der Waals surface area contributed by atoms with E-state index in [-0.39, 0.29) is 11.6 Å². The number of amides is 1. The summed E-state index contributed by atoms with van der Waals surface area (Å²) >= 11 is 0. The average molecular weight is 351 g/mol. The van der Waals surface area contributed by atoms with Crippen LogP contribution in [0.1, 0.15) is 12.5 Å². The Bertz CT molecular complexity index is 992. The molecule has 0 aliphatic carbocycles. The standard InChI is InChI=1S/C19H17N3O4/c1-12-8-17(26-19(12)24)25-11-16(18(23)21(2)3)22-10-13(9-20)14-6-4-5-7-15(14)22/h4-8,10-11,17H,1-3H3/b16-11-. The van der Waals surface area contributed by atoms with Crippen molar-refractivity contribution in [2.75, 3.05) is 14.1 Å². The maximum atomic E-state index is 12.7.